The first kappa shape index (κ1) is 34.1. The zero-order valence-electron chi connectivity index (χ0n) is 21.8. The fraction of sp³-hybridized carbons (Fsp3) is 0.440. The van der Waals surface area contributed by atoms with Crippen LogP contribution >= 0.6 is 0 Å². The van der Waals surface area contributed by atoms with Crippen LogP contribution in [0.1, 0.15) is 31.4 Å². The number of benzene rings is 2. The first-order valence-corrected chi connectivity index (χ1v) is 12.8. The van der Waals surface area contributed by atoms with Gasteiger partial charge in [0.1, 0.15) is 5.75 Å². The maximum absolute atomic E-state index is 12.8. The molecule has 0 spiro atoms. The number of nitrogens with zero attached hydrogens (tertiary/aromatic N) is 1. The Labute approximate surface area is 262 Å². The zero-order chi connectivity index (χ0) is 25.6. The number of aliphatic carboxylic acids is 1. The summed E-state index contributed by atoms with van der Waals surface area (Å²) in [6.07, 6.45) is 1.21. The smallest absolute Gasteiger partial charge is 0.716 e. The molecule has 3 atom stereocenters. The molecule has 0 bridgehead atoms. The molecule has 1 N–H and O–H groups in total. The Kier molecular flexibility index (Phi) is 13.8. The van der Waals surface area contributed by atoms with Gasteiger partial charge in [-0.1, -0.05) is 56.3 Å². The number of carboxylic acids is 1. The molecule has 0 saturated carbocycles. The van der Waals surface area contributed by atoms with E-state index in [0.717, 1.165) is 17.5 Å². The molecule has 1 amide bonds. The summed E-state index contributed by atoms with van der Waals surface area (Å²) in [4.78, 5) is 25.8. The van der Waals surface area contributed by atoms with E-state index in [1.807, 2.05) is 36.4 Å². The van der Waals surface area contributed by atoms with Gasteiger partial charge in [-0.3, -0.25) is 4.79 Å². The van der Waals surface area contributed by atoms with Crippen LogP contribution in [0.25, 0.3) is 0 Å². The van der Waals surface area contributed by atoms with Crippen molar-refractivity contribution in [3.63, 3.8) is 0 Å². The third-order valence-corrected chi connectivity index (χ3v) is 7.24. The van der Waals surface area contributed by atoms with Gasteiger partial charge in [0.05, 0.1) is 18.4 Å². The Bertz CT molecular complexity index is 1150. The van der Waals surface area contributed by atoms with Crippen molar-refractivity contribution in [3.05, 3.63) is 65.7 Å². The molecule has 0 radical (unpaired) electrons. The molecule has 1 aliphatic heterocycles. The molecule has 190 valence electrons. The van der Waals surface area contributed by atoms with Gasteiger partial charge < -0.3 is 28.9 Å². The predicted molar refractivity (Wildman–Crippen MR) is 126 cm³/mol. The first-order chi connectivity index (χ1) is 16.5. The molecule has 0 unspecified atom stereocenters. The predicted octanol–water partition coefficient (Wildman–Crippen LogP) is -5.14. The van der Waals surface area contributed by atoms with Crippen LogP contribution in [0, 0.1) is 11.8 Å². The molecule has 9 nitrogen and oxygen atoms in total. The van der Waals surface area contributed by atoms with E-state index in [0.29, 0.717) is 26.1 Å². The molecular formula is C25H30N2Na2O7S. The van der Waals surface area contributed by atoms with Gasteiger partial charge in [-0.05, 0) is 54.0 Å². The van der Waals surface area contributed by atoms with Crippen molar-refractivity contribution in [3.8, 4) is 5.75 Å². The van der Waals surface area contributed by atoms with Crippen LogP contribution < -0.4 is 73.7 Å². The van der Waals surface area contributed by atoms with Crippen molar-refractivity contribution in [1.29, 1.82) is 0 Å². The standard InChI is InChI=1S/C25H32N2O7S.2Na/c1-18-16-27(12-11-25(18,2)21-9-6-10-22(14-21)34-35(31,32)33)17-20(24(30)26-15-23(28)29)13-19-7-4-3-5-8-19;;/h3-10,14,18,20H,11-13,15-17H2,1-2H3,(H,26,30)(H,28,29)(H,31,32,33);;/q;2*+1/p-2/t18-,20-,25+;;/m0../s1. The van der Waals surface area contributed by atoms with Gasteiger partial charge >= 0.3 is 59.1 Å². The fourth-order valence-electron chi connectivity index (χ4n) is 4.69. The number of carbonyl (C=O) groups is 2. The molecule has 12 heteroatoms. The van der Waals surface area contributed by atoms with E-state index in [-0.39, 0.29) is 82.1 Å². The number of rotatable bonds is 10. The van der Waals surface area contributed by atoms with Gasteiger partial charge in [-0.25, -0.2) is 8.42 Å². The van der Waals surface area contributed by atoms with Crippen LogP contribution in [-0.2, 0) is 31.8 Å². The normalized spacial score (nSPS) is 20.6. The van der Waals surface area contributed by atoms with Crippen molar-refractivity contribution < 1.29 is 91.0 Å². The van der Waals surface area contributed by atoms with Crippen molar-refractivity contribution in [2.75, 3.05) is 26.2 Å². The Morgan fingerprint density at radius 3 is 2.43 bits per heavy atom. The minimum absolute atomic E-state index is 0. The zero-order valence-corrected chi connectivity index (χ0v) is 26.6. The summed E-state index contributed by atoms with van der Waals surface area (Å²) in [6, 6.07) is 16.1. The number of carboxylic acid groups (broad SMARTS) is 1. The second-order valence-corrected chi connectivity index (χ2v) is 10.3. The van der Waals surface area contributed by atoms with E-state index in [2.05, 4.69) is 28.2 Å². The molecule has 1 saturated heterocycles. The minimum atomic E-state index is -4.86. The molecule has 1 aliphatic rings. The maximum atomic E-state index is 12.8. The van der Waals surface area contributed by atoms with Crippen LogP contribution in [0.15, 0.2) is 54.6 Å². The quantitative estimate of drug-likeness (QED) is 0.177. The molecule has 2 aromatic rings. The Morgan fingerprint density at radius 1 is 1.16 bits per heavy atom. The van der Waals surface area contributed by atoms with E-state index in [4.69, 9.17) is 0 Å². The summed E-state index contributed by atoms with van der Waals surface area (Å²) in [6.45, 7) is 5.48. The minimum Gasteiger partial charge on any atom is -0.716 e. The van der Waals surface area contributed by atoms with Crippen LogP contribution in [0.4, 0.5) is 0 Å². The van der Waals surface area contributed by atoms with Gasteiger partial charge in [0.15, 0.2) is 0 Å². The second-order valence-electron chi connectivity index (χ2n) is 9.32. The summed E-state index contributed by atoms with van der Waals surface area (Å²) in [5.74, 6) is -1.98. The number of hydrogen-bond donors (Lipinski definition) is 1. The third kappa shape index (κ3) is 10.3. The van der Waals surface area contributed by atoms with Gasteiger partial charge in [-0.15, -0.1) is 0 Å². The molecule has 0 aromatic heterocycles. The molecule has 0 aliphatic carbocycles. The molecule has 3 rings (SSSR count). The Hall–Kier alpha value is -0.950. The van der Waals surface area contributed by atoms with Gasteiger partial charge in [-0.2, -0.15) is 0 Å². The monoisotopic (exact) mass is 548 g/mol. The Balaban J connectivity index is 0.00000342. The van der Waals surface area contributed by atoms with Crippen LogP contribution in [0.2, 0.25) is 0 Å². The van der Waals surface area contributed by atoms with Crippen LogP contribution in [-0.4, -0.2) is 55.9 Å². The van der Waals surface area contributed by atoms with Gasteiger partial charge in [0.25, 0.3) is 10.4 Å². The van der Waals surface area contributed by atoms with Gasteiger partial charge in [0, 0.05) is 13.1 Å². The number of amides is 1. The average Bonchev–Trinajstić information content (AvgIpc) is 2.79. The summed E-state index contributed by atoms with van der Waals surface area (Å²) in [7, 11) is -4.86. The largest absolute Gasteiger partial charge is 1.00 e. The summed E-state index contributed by atoms with van der Waals surface area (Å²) >= 11 is 0. The van der Waals surface area contributed by atoms with Gasteiger partial charge in [0.2, 0.25) is 5.91 Å². The average molecular weight is 549 g/mol. The third-order valence-electron chi connectivity index (χ3n) is 6.84. The van der Waals surface area contributed by atoms with Crippen molar-refractivity contribution in [2.45, 2.75) is 32.1 Å². The van der Waals surface area contributed by atoms with Crippen LogP contribution in [0.5, 0.6) is 5.75 Å². The second kappa shape index (κ2) is 15.0. The van der Waals surface area contributed by atoms with E-state index >= 15 is 0 Å². The fourth-order valence-corrected chi connectivity index (χ4v) is 5.03. The van der Waals surface area contributed by atoms with E-state index in [1.165, 1.54) is 6.07 Å². The number of likely N-dealkylation sites (tertiary alicyclic amines) is 1. The number of piperidine rings is 1. The first-order valence-electron chi connectivity index (χ1n) is 11.5. The summed E-state index contributed by atoms with van der Waals surface area (Å²) < 4.78 is 37.5. The van der Waals surface area contributed by atoms with Crippen molar-refractivity contribution >= 4 is 22.3 Å². The maximum Gasteiger partial charge on any atom is 1.00 e. The molecule has 37 heavy (non-hydrogen) atoms. The molecule has 1 fully saturated rings. The molecule has 1 heterocycles. The van der Waals surface area contributed by atoms with E-state index in [1.54, 1.807) is 12.1 Å². The summed E-state index contributed by atoms with van der Waals surface area (Å²) in [5.41, 5.74) is 1.56. The number of hydrogen-bond acceptors (Lipinski definition) is 8. The SMILES string of the molecule is C[C@H]1CN(C[C@H](Cc2ccccc2)C(=O)NCC(=O)[O-])CC[C@@]1(C)c1cccc(OS(=O)(=O)[O-])c1.[Na+].[Na+]. The summed E-state index contributed by atoms with van der Waals surface area (Å²) in [5, 5.41) is 13.3. The molecular weight excluding hydrogens is 518 g/mol. The molecule has 2 aromatic carbocycles. The van der Waals surface area contributed by atoms with Crippen molar-refractivity contribution in [1.82, 2.24) is 10.2 Å². The van der Waals surface area contributed by atoms with E-state index < -0.39 is 28.8 Å². The van der Waals surface area contributed by atoms with Crippen molar-refractivity contribution in [2.24, 2.45) is 11.8 Å². The topological polar surface area (TPSA) is 139 Å². The Morgan fingerprint density at radius 2 is 1.84 bits per heavy atom. The number of carbonyl (C=O) groups excluding carboxylic acids is 2. The number of nitrogens with one attached hydrogen (secondary N) is 1. The van der Waals surface area contributed by atoms with Crippen LogP contribution in [0.3, 0.4) is 0 Å². The van der Waals surface area contributed by atoms with E-state index in [9.17, 15) is 27.7 Å².